The van der Waals surface area contributed by atoms with Gasteiger partial charge in [-0.3, -0.25) is 9.59 Å². The van der Waals surface area contributed by atoms with Crippen LogP contribution in [0.3, 0.4) is 0 Å². The first-order valence-electron chi connectivity index (χ1n) is 14.0. The summed E-state index contributed by atoms with van der Waals surface area (Å²) < 4.78 is 20.2. The summed E-state index contributed by atoms with van der Waals surface area (Å²) in [5.74, 6) is -1.45. The van der Waals surface area contributed by atoms with Gasteiger partial charge in [0.1, 0.15) is 17.6 Å². The van der Waals surface area contributed by atoms with Crippen LogP contribution in [0.4, 0.5) is 15.8 Å². The highest BCUT2D eigenvalue weighted by molar-refractivity contribution is 6.12. The van der Waals surface area contributed by atoms with Crippen LogP contribution in [0.5, 0.6) is 5.75 Å². The predicted octanol–water partition coefficient (Wildman–Crippen LogP) is 6.54. The summed E-state index contributed by atoms with van der Waals surface area (Å²) in [5, 5.41) is 13.0. The number of hydrogen-bond donors (Lipinski definition) is 2. The first-order valence-corrected chi connectivity index (χ1v) is 14.0. The van der Waals surface area contributed by atoms with E-state index in [2.05, 4.69) is 5.32 Å². The molecule has 1 amide bonds. The fourth-order valence-electron chi connectivity index (χ4n) is 4.56. The maximum Gasteiger partial charge on any atom is 0.326 e. The van der Waals surface area contributed by atoms with E-state index in [9.17, 15) is 23.9 Å². The Morgan fingerprint density at radius 2 is 1.58 bits per heavy atom. The van der Waals surface area contributed by atoms with Gasteiger partial charge >= 0.3 is 5.97 Å². The number of hydrogen-bond acceptors (Lipinski definition) is 5. The lowest BCUT2D eigenvalue weighted by molar-refractivity contribution is -0.137. The Kier molecular flexibility index (Phi) is 10.8. The van der Waals surface area contributed by atoms with E-state index < -0.39 is 17.8 Å². The molecule has 4 aromatic rings. The van der Waals surface area contributed by atoms with Crippen LogP contribution in [0.15, 0.2) is 115 Å². The zero-order chi connectivity index (χ0) is 30.6. The molecule has 4 aromatic carbocycles. The minimum Gasteiger partial charge on any atom is -0.494 e. The fourth-order valence-corrected chi connectivity index (χ4v) is 4.56. The molecule has 4 rings (SSSR count). The average molecular weight is 581 g/mol. The standard InChI is InChI=1S/C35H33FN2O5/c1-2-11-33(39)38(32-17-9-7-15-29(32)36)22-10-23-43-27-20-18-25(19-21-27)24-31(35(41)42)37-30-16-8-6-14-28(30)34(40)26-12-4-3-5-13-26/h2-9,11-21,31,37H,10,22-24H2,1H3,(H,41,42)/b11-2+/t31-/m0/s1. The topological polar surface area (TPSA) is 95.9 Å². The maximum absolute atomic E-state index is 14.3. The molecule has 220 valence electrons. The molecular formula is C35H33FN2O5. The lowest BCUT2D eigenvalue weighted by atomic mass is 10.00. The van der Waals surface area contributed by atoms with E-state index >= 15 is 0 Å². The van der Waals surface area contributed by atoms with Crippen LogP contribution in [-0.4, -0.2) is 42.0 Å². The highest BCUT2D eigenvalue weighted by Crippen LogP contribution is 2.23. The van der Waals surface area contributed by atoms with E-state index in [1.54, 1.807) is 104 Å². The first kappa shape index (κ1) is 30.7. The Balaban J connectivity index is 1.35. The van der Waals surface area contributed by atoms with Crippen molar-refractivity contribution in [3.63, 3.8) is 0 Å². The number of para-hydroxylation sites is 2. The molecule has 1 atom stereocenters. The van der Waals surface area contributed by atoms with Gasteiger partial charge in [0.05, 0.1) is 12.3 Å². The molecule has 7 nitrogen and oxygen atoms in total. The van der Waals surface area contributed by atoms with Crippen molar-refractivity contribution in [2.45, 2.75) is 25.8 Å². The minimum absolute atomic E-state index is 0.175. The Hall–Kier alpha value is -5.24. The SMILES string of the molecule is C/C=C/C(=O)N(CCCOc1ccc(C[C@H](Nc2ccccc2C(=O)c2ccccc2)C(=O)O)cc1)c1ccccc1F. The number of aliphatic carboxylic acids is 1. The molecule has 0 spiro atoms. The lowest BCUT2D eigenvalue weighted by Gasteiger charge is -2.22. The molecule has 0 aliphatic rings. The number of benzene rings is 4. The summed E-state index contributed by atoms with van der Waals surface area (Å²) in [5.41, 5.74) is 2.33. The molecule has 43 heavy (non-hydrogen) atoms. The van der Waals surface area contributed by atoms with E-state index in [0.717, 1.165) is 5.56 Å². The minimum atomic E-state index is -1.05. The Morgan fingerprint density at radius 1 is 0.907 bits per heavy atom. The van der Waals surface area contributed by atoms with Crippen molar-refractivity contribution >= 4 is 29.0 Å². The lowest BCUT2D eigenvalue weighted by Crippen LogP contribution is -2.32. The number of amides is 1. The second-order valence-electron chi connectivity index (χ2n) is 9.77. The molecule has 0 radical (unpaired) electrons. The number of anilines is 2. The van der Waals surface area contributed by atoms with Gasteiger partial charge in [-0.25, -0.2) is 9.18 Å². The van der Waals surface area contributed by atoms with Crippen LogP contribution in [-0.2, 0) is 16.0 Å². The molecular weight excluding hydrogens is 547 g/mol. The van der Waals surface area contributed by atoms with Gasteiger partial charge < -0.3 is 20.1 Å². The van der Waals surface area contributed by atoms with E-state index in [0.29, 0.717) is 35.6 Å². The molecule has 0 fully saturated rings. The largest absolute Gasteiger partial charge is 0.494 e. The van der Waals surface area contributed by atoms with Crippen LogP contribution in [0.2, 0.25) is 0 Å². The summed E-state index contributed by atoms with van der Waals surface area (Å²) in [6.45, 7) is 2.28. The number of allylic oxidation sites excluding steroid dienone is 1. The summed E-state index contributed by atoms with van der Waals surface area (Å²) in [6.07, 6.45) is 3.65. The first-order chi connectivity index (χ1) is 20.9. The number of carboxylic acid groups (broad SMARTS) is 1. The molecule has 2 N–H and O–H groups in total. The number of carboxylic acids is 1. The van der Waals surface area contributed by atoms with E-state index in [1.807, 2.05) is 6.07 Å². The monoisotopic (exact) mass is 580 g/mol. The Morgan fingerprint density at radius 3 is 2.28 bits per heavy atom. The maximum atomic E-state index is 14.3. The van der Waals surface area contributed by atoms with E-state index in [4.69, 9.17) is 4.74 Å². The van der Waals surface area contributed by atoms with Crippen molar-refractivity contribution in [2.75, 3.05) is 23.4 Å². The number of nitrogens with one attached hydrogen (secondary N) is 1. The number of halogens is 1. The molecule has 0 aliphatic carbocycles. The van der Waals surface area contributed by atoms with Gasteiger partial charge in [0, 0.05) is 29.8 Å². The smallest absolute Gasteiger partial charge is 0.326 e. The third-order valence-corrected chi connectivity index (χ3v) is 6.71. The van der Waals surface area contributed by atoms with Gasteiger partial charge in [-0.2, -0.15) is 0 Å². The van der Waals surface area contributed by atoms with Gasteiger partial charge in [0.2, 0.25) is 0 Å². The quantitative estimate of drug-likeness (QED) is 0.0999. The molecule has 0 heterocycles. The van der Waals surface area contributed by atoms with Gasteiger partial charge in [-0.15, -0.1) is 0 Å². The number of ketones is 1. The van der Waals surface area contributed by atoms with Crippen LogP contribution in [0.25, 0.3) is 0 Å². The second-order valence-corrected chi connectivity index (χ2v) is 9.77. The van der Waals surface area contributed by atoms with Crippen LogP contribution < -0.4 is 15.0 Å². The zero-order valence-electron chi connectivity index (χ0n) is 23.8. The van der Waals surface area contributed by atoms with Gasteiger partial charge in [-0.05, 0) is 61.4 Å². The number of carbonyl (C=O) groups is 3. The molecule has 0 saturated heterocycles. The zero-order valence-corrected chi connectivity index (χ0v) is 23.8. The third kappa shape index (κ3) is 8.39. The van der Waals surface area contributed by atoms with Crippen molar-refractivity contribution in [3.05, 3.63) is 138 Å². The number of rotatable bonds is 14. The summed E-state index contributed by atoms with van der Waals surface area (Å²) in [4.78, 5) is 39.1. The summed E-state index contributed by atoms with van der Waals surface area (Å²) in [6, 6.07) is 27.9. The molecule has 0 aliphatic heterocycles. The number of nitrogens with zero attached hydrogens (tertiary/aromatic N) is 1. The highest BCUT2D eigenvalue weighted by Gasteiger charge is 2.21. The van der Waals surface area contributed by atoms with Crippen LogP contribution in [0.1, 0.15) is 34.8 Å². The van der Waals surface area contributed by atoms with Crippen molar-refractivity contribution in [1.82, 2.24) is 0 Å². The van der Waals surface area contributed by atoms with Gasteiger partial charge in [-0.1, -0.05) is 72.8 Å². The molecule has 0 saturated carbocycles. The summed E-state index contributed by atoms with van der Waals surface area (Å²) in [7, 11) is 0. The van der Waals surface area contributed by atoms with Gasteiger partial charge in [0.15, 0.2) is 5.78 Å². The number of ether oxygens (including phenoxy) is 1. The van der Waals surface area contributed by atoms with Crippen LogP contribution >= 0.6 is 0 Å². The molecule has 0 unspecified atom stereocenters. The van der Waals surface area contributed by atoms with Crippen molar-refractivity contribution in [1.29, 1.82) is 0 Å². The average Bonchev–Trinajstić information content (AvgIpc) is 3.02. The fraction of sp³-hybridized carbons (Fsp3) is 0.171. The second kappa shape index (κ2) is 15.1. The van der Waals surface area contributed by atoms with Crippen molar-refractivity contribution in [3.8, 4) is 5.75 Å². The van der Waals surface area contributed by atoms with Crippen molar-refractivity contribution < 1.29 is 28.6 Å². The molecule has 0 bridgehead atoms. The number of carbonyl (C=O) groups excluding carboxylic acids is 2. The normalized spacial score (nSPS) is 11.6. The Bertz CT molecular complexity index is 1570. The van der Waals surface area contributed by atoms with Crippen LogP contribution in [0, 0.1) is 5.82 Å². The van der Waals surface area contributed by atoms with Crippen molar-refractivity contribution in [2.24, 2.45) is 0 Å². The summed E-state index contributed by atoms with van der Waals surface area (Å²) >= 11 is 0. The highest BCUT2D eigenvalue weighted by atomic mass is 19.1. The Labute approximate surface area is 250 Å². The molecule has 8 heteroatoms. The predicted molar refractivity (Wildman–Crippen MR) is 165 cm³/mol. The van der Waals surface area contributed by atoms with Gasteiger partial charge in [0.25, 0.3) is 5.91 Å². The van der Waals surface area contributed by atoms with E-state index in [1.165, 1.54) is 17.0 Å². The molecule has 0 aromatic heterocycles. The van der Waals surface area contributed by atoms with E-state index in [-0.39, 0.29) is 30.3 Å². The third-order valence-electron chi connectivity index (χ3n) is 6.71.